The lowest BCUT2D eigenvalue weighted by Crippen LogP contribution is -2.12. The number of thiophene rings is 1. The highest BCUT2D eigenvalue weighted by atomic mass is 32.1. The maximum atomic E-state index is 2.48. The zero-order chi connectivity index (χ0) is 27.3. The Morgan fingerprint density at radius 3 is 1.93 bits per heavy atom. The van der Waals surface area contributed by atoms with E-state index < -0.39 is 0 Å². The molecule has 0 radical (unpaired) electrons. The molecule has 0 unspecified atom stereocenters. The molecule has 0 spiro atoms. The average Bonchev–Trinajstić information content (AvgIpc) is 3.41. The van der Waals surface area contributed by atoms with Crippen LogP contribution in [0.1, 0.15) is 5.56 Å². The fraction of sp³-hybridized carbons (Fsp3) is 0.0256. The van der Waals surface area contributed by atoms with Gasteiger partial charge in [0.15, 0.2) is 0 Å². The van der Waals surface area contributed by atoms with E-state index in [4.69, 9.17) is 0 Å². The Morgan fingerprint density at radius 1 is 0.463 bits per heavy atom. The van der Waals surface area contributed by atoms with Crippen molar-refractivity contribution in [1.82, 2.24) is 0 Å². The third kappa shape index (κ3) is 3.91. The number of fused-ring (bicyclic) bond motifs is 5. The Hall–Kier alpha value is -4.92. The molecule has 8 rings (SSSR count). The van der Waals surface area contributed by atoms with Gasteiger partial charge in [-0.15, -0.1) is 11.3 Å². The van der Waals surface area contributed by atoms with Crippen LogP contribution in [0.3, 0.4) is 0 Å². The van der Waals surface area contributed by atoms with E-state index in [2.05, 4.69) is 157 Å². The number of nitrogens with zero attached hydrogens (tertiary/aromatic N) is 1. The Balaban J connectivity index is 1.52. The molecular formula is C39H27NS. The zero-order valence-electron chi connectivity index (χ0n) is 22.7. The SMILES string of the molecule is Cc1ccc(N(c2ccc3ccccc3c2-c2cccc3ccccc23)c2cccc3sc4ccccc4c23)cc1. The molecular weight excluding hydrogens is 515 g/mol. The number of aryl methyl sites for hydroxylation is 1. The third-order valence-electron chi connectivity index (χ3n) is 8.12. The lowest BCUT2D eigenvalue weighted by atomic mass is 9.91. The lowest BCUT2D eigenvalue weighted by molar-refractivity contribution is 1.30. The molecule has 0 saturated carbocycles. The van der Waals surface area contributed by atoms with Gasteiger partial charge in [-0.3, -0.25) is 0 Å². The van der Waals surface area contributed by atoms with Gasteiger partial charge in [0, 0.05) is 31.4 Å². The maximum Gasteiger partial charge on any atom is 0.0555 e. The van der Waals surface area contributed by atoms with Crippen LogP contribution >= 0.6 is 11.3 Å². The molecule has 0 aliphatic carbocycles. The summed E-state index contributed by atoms with van der Waals surface area (Å²) in [4.78, 5) is 2.48. The van der Waals surface area contributed by atoms with Crippen LogP contribution in [0.2, 0.25) is 0 Å². The van der Waals surface area contributed by atoms with Gasteiger partial charge >= 0.3 is 0 Å². The molecule has 0 aliphatic heterocycles. The first-order chi connectivity index (χ1) is 20.3. The van der Waals surface area contributed by atoms with Crippen molar-refractivity contribution in [3.05, 3.63) is 151 Å². The molecule has 0 N–H and O–H groups in total. The van der Waals surface area contributed by atoms with Gasteiger partial charge in [0.2, 0.25) is 0 Å². The minimum atomic E-state index is 1.15. The quantitative estimate of drug-likeness (QED) is 0.214. The summed E-state index contributed by atoms with van der Waals surface area (Å²) in [5.74, 6) is 0. The summed E-state index contributed by atoms with van der Waals surface area (Å²) >= 11 is 1.86. The topological polar surface area (TPSA) is 3.24 Å². The molecule has 2 heteroatoms. The summed E-state index contributed by atoms with van der Waals surface area (Å²) < 4.78 is 2.61. The molecule has 1 heterocycles. The van der Waals surface area contributed by atoms with Gasteiger partial charge in [-0.2, -0.15) is 0 Å². The van der Waals surface area contributed by atoms with Gasteiger partial charge in [0.05, 0.1) is 11.4 Å². The summed E-state index contributed by atoms with van der Waals surface area (Å²) in [7, 11) is 0. The molecule has 1 nitrogen and oxygen atoms in total. The first-order valence-electron chi connectivity index (χ1n) is 14.0. The van der Waals surface area contributed by atoms with Gasteiger partial charge in [-0.05, 0) is 70.4 Å². The molecule has 8 aromatic rings. The molecule has 0 aliphatic rings. The van der Waals surface area contributed by atoms with E-state index in [1.54, 1.807) is 0 Å². The zero-order valence-corrected chi connectivity index (χ0v) is 23.5. The Bertz CT molecular complexity index is 2220. The van der Waals surface area contributed by atoms with Crippen molar-refractivity contribution in [3.8, 4) is 11.1 Å². The van der Waals surface area contributed by atoms with Crippen molar-refractivity contribution < 1.29 is 0 Å². The molecule has 7 aromatic carbocycles. The van der Waals surface area contributed by atoms with E-state index >= 15 is 0 Å². The first-order valence-corrected chi connectivity index (χ1v) is 14.8. The van der Waals surface area contributed by atoms with Crippen molar-refractivity contribution in [1.29, 1.82) is 0 Å². The van der Waals surface area contributed by atoms with Gasteiger partial charge in [0.25, 0.3) is 0 Å². The van der Waals surface area contributed by atoms with Crippen LogP contribution in [-0.4, -0.2) is 0 Å². The summed E-state index contributed by atoms with van der Waals surface area (Å²) in [6.07, 6.45) is 0. The molecule has 0 saturated heterocycles. The van der Waals surface area contributed by atoms with Crippen LogP contribution in [0.4, 0.5) is 17.1 Å². The second-order valence-corrected chi connectivity index (χ2v) is 11.7. The Labute approximate surface area is 243 Å². The van der Waals surface area contributed by atoms with E-state index in [1.165, 1.54) is 69.8 Å². The van der Waals surface area contributed by atoms with Crippen molar-refractivity contribution in [2.24, 2.45) is 0 Å². The highest BCUT2D eigenvalue weighted by Gasteiger charge is 2.23. The highest BCUT2D eigenvalue weighted by Crippen LogP contribution is 2.49. The Kier molecular flexibility index (Phi) is 5.61. The predicted molar refractivity (Wildman–Crippen MR) is 179 cm³/mol. The summed E-state index contributed by atoms with van der Waals surface area (Å²) in [5.41, 5.74) is 7.26. The van der Waals surface area contributed by atoms with Crippen LogP contribution < -0.4 is 4.90 Å². The van der Waals surface area contributed by atoms with Crippen LogP contribution in [0.5, 0.6) is 0 Å². The monoisotopic (exact) mass is 541 g/mol. The summed E-state index contributed by atoms with van der Waals surface area (Å²) in [5, 5.41) is 7.59. The highest BCUT2D eigenvalue weighted by molar-refractivity contribution is 7.26. The van der Waals surface area contributed by atoms with E-state index in [0.29, 0.717) is 0 Å². The molecule has 1 aromatic heterocycles. The standard InChI is InChI=1S/C39H27NS/c1-26-20-23-29(24-21-26)40(34-17-9-19-37-39(34)33-15-6-7-18-36(33)41-37)35-25-22-28-11-3-5-14-31(28)38(35)32-16-8-12-27-10-2-4-13-30(27)32/h2-25H,1H3. The van der Waals surface area contributed by atoms with Crippen LogP contribution in [0.15, 0.2) is 146 Å². The molecule has 0 fully saturated rings. The second-order valence-electron chi connectivity index (χ2n) is 10.6. The van der Waals surface area contributed by atoms with Crippen LogP contribution in [-0.2, 0) is 0 Å². The molecule has 0 amide bonds. The summed E-state index contributed by atoms with van der Waals surface area (Å²) in [6.45, 7) is 2.15. The minimum absolute atomic E-state index is 1.15. The predicted octanol–water partition coefficient (Wildman–Crippen LogP) is 11.8. The maximum absolute atomic E-state index is 2.48. The number of benzene rings is 7. The lowest BCUT2D eigenvalue weighted by Gasteiger charge is -2.30. The van der Waals surface area contributed by atoms with Crippen molar-refractivity contribution in [3.63, 3.8) is 0 Å². The number of anilines is 3. The smallest absolute Gasteiger partial charge is 0.0555 e. The van der Waals surface area contributed by atoms with E-state index in [-0.39, 0.29) is 0 Å². The van der Waals surface area contributed by atoms with Gasteiger partial charge in [-0.25, -0.2) is 0 Å². The van der Waals surface area contributed by atoms with Crippen molar-refractivity contribution in [2.75, 3.05) is 4.90 Å². The second kappa shape index (κ2) is 9.62. The largest absolute Gasteiger partial charge is 0.309 e. The van der Waals surface area contributed by atoms with Crippen molar-refractivity contribution >= 4 is 70.1 Å². The number of hydrogen-bond donors (Lipinski definition) is 0. The van der Waals surface area contributed by atoms with E-state index in [1.807, 2.05) is 11.3 Å². The van der Waals surface area contributed by atoms with Gasteiger partial charge in [-0.1, -0.05) is 115 Å². The molecule has 0 bridgehead atoms. The third-order valence-corrected chi connectivity index (χ3v) is 9.26. The number of hydrogen-bond acceptors (Lipinski definition) is 2. The van der Waals surface area contributed by atoms with E-state index in [9.17, 15) is 0 Å². The molecule has 41 heavy (non-hydrogen) atoms. The summed E-state index contributed by atoms with van der Waals surface area (Å²) in [6, 6.07) is 53.2. The minimum Gasteiger partial charge on any atom is -0.309 e. The molecule has 194 valence electrons. The fourth-order valence-electron chi connectivity index (χ4n) is 6.22. The van der Waals surface area contributed by atoms with E-state index in [0.717, 1.165) is 5.69 Å². The number of rotatable bonds is 4. The Morgan fingerprint density at radius 2 is 1.10 bits per heavy atom. The first kappa shape index (κ1) is 23.9. The van der Waals surface area contributed by atoms with Crippen LogP contribution in [0, 0.1) is 6.92 Å². The van der Waals surface area contributed by atoms with Gasteiger partial charge in [0.1, 0.15) is 0 Å². The molecule has 0 atom stereocenters. The van der Waals surface area contributed by atoms with Crippen LogP contribution in [0.25, 0.3) is 52.8 Å². The fourth-order valence-corrected chi connectivity index (χ4v) is 7.34. The van der Waals surface area contributed by atoms with Crippen molar-refractivity contribution in [2.45, 2.75) is 6.92 Å². The average molecular weight is 542 g/mol. The van der Waals surface area contributed by atoms with Gasteiger partial charge < -0.3 is 4.90 Å². The normalized spacial score (nSPS) is 11.5.